The molecule has 1 aliphatic heterocycles. The number of fused-ring (bicyclic) bond motifs is 1. The first-order chi connectivity index (χ1) is 14.0. The van der Waals surface area contributed by atoms with Gasteiger partial charge in [0.05, 0.1) is 0 Å². The van der Waals surface area contributed by atoms with Crippen LogP contribution in [0.2, 0.25) is 5.02 Å². The van der Waals surface area contributed by atoms with Crippen LogP contribution in [-0.2, 0) is 11.8 Å². The van der Waals surface area contributed by atoms with Crippen LogP contribution in [-0.4, -0.2) is 34.2 Å². The molecule has 1 aromatic heterocycles. The number of likely N-dealkylation sites (tertiary alicyclic amines) is 1. The van der Waals surface area contributed by atoms with Gasteiger partial charge in [-0.05, 0) is 42.5 Å². The summed E-state index contributed by atoms with van der Waals surface area (Å²) in [5.41, 5.74) is 3.02. The van der Waals surface area contributed by atoms with E-state index in [2.05, 4.69) is 12.1 Å². The lowest BCUT2D eigenvalue weighted by molar-refractivity contribution is -0.132. The molecule has 150 valence electrons. The van der Waals surface area contributed by atoms with Crippen molar-refractivity contribution in [1.29, 1.82) is 0 Å². The molecule has 5 heteroatoms. The molecule has 0 radical (unpaired) electrons. The number of aromatic nitrogens is 1. The Morgan fingerprint density at radius 3 is 2.41 bits per heavy atom. The maximum absolute atomic E-state index is 12.7. The normalized spacial score (nSPS) is 15.0. The van der Waals surface area contributed by atoms with Crippen LogP contribution in [0.3, 0.4) is 0 Å². The number of ketones is 1. The molecule has 2 heterocycles. The second kappa shape index (κ2) is 8.42. The lowest BCUT2D eigenvalue weighted by atomic mass is 9.89. The third-order valence-electron chi connectivity index (χ3n) is 5.95. The number of halogens is 1. The Labute approximate surface area is 176 Å². The monoisotopic (exact) mass is 408 g/mol. The SMILES string of the molecule is Cn1cc(C(=O)CCC(=O)N2CCC(c3ccc(Cl)cc3)CC2)c2ccccc21. The van der Waals surface area contributed by atoms with Crippen LogP contribution in [0.1, 0.15) is 47.5 Å². The third kappa shape index (κ3) is 4.23. The number of amides is 1. The van der Waals surface area contributed by atoms with Gasteiger partial charge < -0.3 is 9.47 Å². The van der Waals surface area contributed by atoms with Gasteiger partial charge in [0, 0.05) is 60.7 Å². The van der Waals surface area contributed by atoms with Crippen LogP contribution in [0, 0.1) is 0 Å². The van der Waals surface area contributed by atoms with Gasteiger partial charge in [0.15, 0.2) is 5.78 Å². The van der Waals surface area contributed by atoms with E-state index in [0.717, 1.165) is 41.9 Å². The molecular formula is C24H25ClN2O2. The average Bonchev–Trinajstić information content (AvgIpc) is 3.09. The van der Waals surface area contributed by atoms with Gasteiger partial charge in [-0.25, -0.2) is 0 Å². The predicted octanol–water partition coefficient (Wildman–Crippen LogP) is 5.20. The fraction of sp³-hybridized carbons (Fsp3) is 0.333. The maximum atomic E-state index is 12.7. The summed E-state index contributed by atoms with van der Waals surface area (Å²) in [7, 11) is 1.94. The van der Waals surface area contributed by atoms with Crippen molar-refractivity contribution in [2.24, 2.45) is 7.05 Å². The van der Waals surface area contributed by atoms with E-state index in [1.165, 1.54) is 5.56 Å². The molecule has 0 saturated carbocycles. The number of nitrogens with zero attached hydrogens (tertiary/aromatic N) is 2. The number of piperidine rings is 1. The minimum atomic E-state index is 0.0335. The van der Waals surface area contributed by atoms with Gasteiger partial charge >= 0.3 is 0 Å². The van der Waals surface area contributed by atoms with Crippen molar-refractivity contribution in [3.63, 3.8) is 0 Å². The number of rotatable bonds is 5. The van der Waals surface area contributed by atoms with Gasteiger partial charge in [0.25, 0.3) is 0 Å². The summed E-state index contributed by atoms with van der Waals surface area (Å²) in [4.78, 5) is 27.3. The highest BCUT2D eigenvalue weighted by molar-refractivity contribution is 6.30. The summed E-state index contributed by atoms with van der Waals surface area (Å²) in [6, 6.07) is 15.9. The quantitative estimate of drug-likeness (QED) is 0.544. The molecule has 4 nitrogen and oxygen atoms in total. The van der Waals surface area contributed by atoms with Gasteiger partial charge in [-0.15, -0.1) is 0 Å². The highest BCUT2D eigenvalue weighted by Gasteiger charge is 2.24. The first-order valence-electron chi connectivity index (χ1n) is 10.1. The van der Waals surface area contributed by atoms with Gasteiger partial charge in [-0.3, -0.25) is 9.59 Å². The van der Waals surface area contributed by atoms with Crippen molar-refractivity contribution in [2.75, 3.05) is 13.1 Å². The first-order valence-corrected chi connectivity index (χ1v) is 10.5. The van der Waals surface area contributed by atoms with E-state index in [1.54, 1.807) is 0 Å². The van der Waals surface area contributed by atoms with E-state index in [-0.39, 0.29) is 24.5 Å². The number of Topliss-reactive ketones (excluding diaryl/α,β-unsaturated/α-hetero) is 1. The largest absolute Gasteiger partial charge is 0.350 e. The molecular weight excluding hydrogens is 384 g/mol. The van der Waals surface area contributed by atoms with Crippen LogP contribution in [0.4, 0.5) is 0 Å². The summed E-state index contributed by atoms with van der Waals surface area (Å²) in [6.07, 6.45) is 4.29. The number of hydrogen-bond acceptors (Lipinski definition) is 2. The standard InChI is InChI=1S/C24H25ClN2O2/c1-26-16-21(20-4-2-3-5-22(20)26)23(28)10-11-24(29)27-14-12-18(13-15-27)17-6-8-19(25)9-7-17/h2-9,16,18H,10-15H2,1H3. The molecule has 2 aromatic carbocycles. The van der Waals surface area contributed by atoms with Crippen molar-refractivity contribution >= 4 is 34.2 Å². The van der Waals surface area contributed by atoms with E-state index < -0.39 is 0 Å². The molecule has 1 amide bonds. The zero-order chi connectivity index (χ0) is 20.4. The highest BCUT2D eigenvalue weighted by Crippen LogP contribution is 2.29. The highest BCUT2D eigenvalue weighted by atomic mass is 35.5. The Balaban J connectivity index is 1.32. The topological polar surface area (TPSA) is 42.3 Å². The number of para-hydroxylation sites is 1. The predicted molar refractivity (Wildman–Crippen MR) is 116 cm³/mol. The van der Waals surface area contributed by atoms with Crippen molar-refractivity contribution in [1.82, 2.24) is 9.47 Å². The molecule has 1 aliphatic rings. The van der Waals surface area contributed by atoms with E-state index in [4.69, 9.17) is 11.6 Å². The molecule has 3 aromatic rings. The number of aryl methyl sites for hydroxylation is 1. The van der Waals surface area contributed by atoms with E-state index in [1.807, 2.05) is 59.1 Å². The second-order valence-corrected chi connectivity index (χ2v) is 8.24. The van der Waals surface area contributed by atoms with Gasteiger partial charge in [0.2, 0.25) is 5.91 Å². The summed E-state index contributed by atoms with van der Waals surface area (Å²) >= 11 is 5.97. The summed E-state index contributed by atoms with van der Waals surface area (Å²) in [5, 5.41) is 1.70. The number of carbonyl (C=O) groups excluding carboxylic acids is 2. The minimum Gasteiger partial charge on any atom is -0.350 e. The molecule has 1 saturated heterocycles. The average molecular weight is 409 g/mol. The van der Waals surface area contributed by atoms with Crippen molar-refractivity contribution < 1.29 is 9.59 Å². The van der Waals surface area contributed by atoms with E-state index >= 15 is 0 Å². The second-order valence-electron chi connectivity index (χ2n) is 7.80. The smallest absolute Gasteiger partial charge is 0.223 e. The lowest BCUT2D eigenvalue weighted by Gasteiger charge is -2.32. The van der Waals surface area contributed by atoms with E-state index in [9.17, 15) is 9.59 Å². The summed E-state index contributed by atoms with van der Waals surface area (Å²) in [5.74, 6) is 0.577. The zero-order valence-electron chi connectivity index (χ0n) is 16.6. The third-order valence-corrected chi connectivity index (χ3v) is 6.20. The zero-order valence-corrected chi connectivity index (χ0v) is 17.4. The lowest BCUT2D eigenvalue weighted by Crippen LogP contribution is -2.38. The Hall–Kier alpha value is -2.59. The van der Waals surface area contributed by atoms with Gasteiger partial charge in [0.1, 0.15) is 0 Å². The molecule has 0 N–H and O–H groups in total. The van der Waals surface area contributed by atoms with Crippen LogP contribution in [0.25, 0.3) is 10.9 Å². The van der Waals surface area contributed by atoms with E-state index in [0.29, 0.717) is 11.5 Å². The molecule has 0 unspecified atom stereocenters. The fourth-order valence-electron chi connectivity index (χ4n) is 4.27. The number of benzene rings is 2. The number of hydrogen-bond donors (Lipinski definition) is 0. The molecule has 1 fully saturated rings. The minimum absolute atomic E-state index is 0.0335. The summed E-state index contributed by atoms with van der Waals surface area (Å²) < 4.78 is 1.96. The Morgan fingerprint density at radius 2 is 1.69 bits per heavy atom. The Kier molecular flexibility index (Phi) is 5.72. The Bertz CT molecular complexity index is 1030. The van der Waals surface area contributed by atoms with Crippen LogP contribution >= 0.6 is 11.6 Å². The molecule has 0 aliphatic carbocycles. The van der Waals surface area contributed by atoms with Crippen LogP contribution < -0.4 is 0 Å². The molecule has 4 rings (SSSR count). The Morgan fingerprint density at radius 1 is 1.00 bits per heavy atom. The molecule has 29 heavy (non-hydrogen) atoms. The maximum Gasteiger partial charge on any atom is 0.223 e. The summed E-state index contributed by atoms with van der Waals surface area (Å²) in [6.45, 7) is 1.49. The van der Waals surface area contributed by atoms with Crippen molar-refractivity contribution in [2.45, 2.75) is 31.6 Å². The van der Waals surface area contributed by atoms with Crippen molar-refractivity contribution in [3.8, 4) is 0 Å². The molecule has 0 atom stereocenters. The molecule has 0 bridgehead atoms. The van der Waals surface area contributed by atoms with Crippen molar-refractivity contribution in [3.05, 3.63) is 70.9 Å². The molecule has 0 spiro atoms. The van der Waals surface area contributed by atoms with Crippen LogP contribution in [0.5, 0.6) is 0 Å². The van der Waals surface area contributed by atoms with Gasteiger partial charge in [-0.2, -0.15) is 0 Å². The van der Waals surface area contributed by atoms with Crippen LogP contribution in [0.15, 0.2) is 54.7 Å². The fourth-order valence-corrected chi connectivity index (χ4v) is 4.40. The first kappa shape index (κ1) is 19.7. The van der Waals surface area contributed by atoms with Gasteiger partial charge in [-0.1, -0.05) is 41.9 Å². The number of carbonyl (C=O) groups is 2.